The van der Waals surface area contributed by atoms with Gasteiger partial charge in [0, 0.05) is 23.0 Å². The summed E-state index contributed by atoms with van der Waals surface area (Å²) in [6.07, 6.45) is 2.91. The van der Waals surface area contributed by atoms with Crippen molar-refractivity contribution < 1.29 is 9.53 Å². The molecule has 3 aliphatic rings. The quantitative estimate of drug-likeness (QED) is 0.858. The zero-order valence-corrected chi connectivity index (χ0v) is 11.4. The van der Waals surface area contributed by atoms with Crippen LogP contribution in [-0.4, -0.2) is 22.7 Å². The van der Waals surface area contributed by atoms with Gasteiger partial charge in [-0.1, -0.05) is 11.6 Å². The third kappa shape index (κ3) is 1.62. The van der Waals surface area contributed by atoms with E-state index in [0.29, 0.717) is 11.1 Å². The number of amides is 2. The molecule has 2 unspecified atom stereocenters. The van der Waals surface area contributed by atoms with Crippen molar-refractivity contribution >= 4 is 17.6 Å². The van der Waals surface area contributed by atoms with Crippen molar-refractivity contribution in [3.8, 4) is 5.75 Å². The van der Waals surface area contributed by atoms with Crippen molar-refractivity contribution in [2.75, 3.05) is 0 Å². The third-order valence-corrected chi connectivity index (χ3v) is 4.43. The van der Waals surface area contributed by atoms with Gasteiger partial charge in [0.25, 0.3) is 0 Å². The second-order valence-electron chi connectivity index (χ2n) is 5.77. The van der Waals surface area contributed by atoms with E-state index in [1.165, 1.54) is 0 Å². The molecule has 2 aliphatic heterocycles. The Balaban J connectivity index is 1.80. The topological polar surface area (TPSA) is 41.6 Å². The average Bonchev–Trinajstić information content (AvgIpc) is 3.14. The summed E-state index contributed by atoms with van der Waals surface area (Å²) in [5.41, 5.74) is 0.448. The summed E-state index contributed by atoms with van der Waals surface area (Å²) in [5.74, 6) is 0.828. The number of urea groups is 1. The van der Waals surface area contributed by atoms with Gasteiger partial charge in [-0.3, -0.25) is 4.90 Å². The number of hydrogen-bond donors (Lipinski definition) is 1. The van der Waals surface area contributed by atoms with E-state index in [0.717, 1.165) is 30.6 Å². The molecule has 2 fully saturated rings. The minimum absolute atomic E-state index is 0.00468. The van der Waals surface area contributed by atoms with Crippen LogP contribution in [0.3, 0.4) is 0 Å². The van der Waals surface area contributed by atoms with E-state index in [4.69, 9.17) is 16.3 Å². The first-order valence-corrected chi connectivity index (χ1v) is 7.03. The molecule has 2 bridgehead atoms. The van der Waals surface area contributed by atoms with Gasteiger partial charge in [0.15, 0.2) is 5.72 Å². The van der Waals surface area contributed by atoms with Gasteiger partial charge in [0.1, 0.15) is 5.75 Å². The molecule has 1 aliphatic carbocycles. The zero-order valence-electron chi connectivity index (χ0n) is 10.6. The number of fused-ring (bicyclic) bond motifs is 4. The fourth-order valence-electron chi connectivity index (χ4n) is 3.25. The highest BCUT2D eigenvalue weighted by Crippen LogP contribution is 2.47. The number of nitrogens with zero attached hydrogens (tertiary/aromatic N) is 1. The molecule has 5 heteroatoms. The zero-order chi connectivity index (χ0) is 13.2. The summed E-state index contributed by atoms with van der Waals surface area (Å²) < 4.78 is 6.14. The summed E-state index contributed by atoms with van der Waals surface area (Å²) >= 11 is 6.03. The van der Waals surface area contributed by atoms with E-state index in [9.17, 15) is 4.79 Å². The minimum atomic E-state index is -0.533. The molecule has 0 radical (unpaired) electrons. The van der Waals surface area contributed by atoms with Gasteiger partial charge in [-0.15, -0.1) is 0 Å². The van der Waals surface area contributed by atoms with Crippen LogP contribution in [0, 0.1) is 0 Å². The van der Waals surface area contributed by atoms with Gasteiger partial charge in [-0.25, -0.2) is 4.79 Å². The fourth-order valence-corrected chi connectivity index (χ4v) is 3.43. The number of nitrogens with one attached hydrogen (secondary N) is 1. The molecule has 1 saturated heterocycles. The smallest absolute Gasteiger partial charge is 0.321 e. The molecule has 1 aromatic carbocycles. The van der Waals surface area contributed by atoms with Crippen molar-refractivity contribution in [1.29, 1.82) is 0 Å². The average molecular weight is 279 g/mol. The van der Waals surface area contributed by atoms with Crippen molar-refractivity contribution in [1.82, 2.24) is 10.2 Å². The van der Waals surface area contributed by atoms with Crippen LogP contribution in [0.2, 0.25) is 5.02 Å². The van der Waals surface area contributed by atoms with Gasteiger partial charge in [-0.05, 0) is 38.0 Å². The van der Waals surface area contributed by atoms with Gasteiger partial charge < -0.3 is 10.1 Å². The van der Waals surface area contributed by atoms with Crippen LogP contribution in [0.1, 0.15) is 37.8 Å². The highest BCUT2D eigenvalue weighted by atomic mass is 35.5. The molecule has 1 N–H and O–H groups in total. The summed E-state index contributed by atoms with van der Waals surface area (Å²) in [7, 11) is 0. The molecule has 2 atom stereocenters. The first-order chi connectivity index (χ1) is 9.07. The Kier molecular flexibility index (Phi) is 2.14. The van der Waals surface area contributed by atoms with Crippen LogP contribution >= 0.6 is 11.6 Å². The van der Waals surface area contributed by atoms with Gasteiger partial charge in [0.2, 0.25) is 0 Å². The third-order valence-electron chi connectivity index (χ3n) is 4.20. The maximum atomic E-state index is 12.3. The predicted octanol–water partition coefficient (Wildman–Crippen LogP) is 3.07. The first kappa shape index (κ1) is 11.4. The SMILES string of the molecule is CC12CC(NC(=O)N1C1CC1)c1cc(Cl)ccc1O2. The molecular weight excluding hydrogens is 264 g/mol. The Morgan fingerprint density at radius 3 is 3.00 bits per heavy atom. The molecule has 19 heavy (non-hydrogen) atoms. The standard InChI is InChI=1S/C14H15ClN2O2/c1-14-7-11(16-13(18)17(14)9-3-4-9)10-6-8(15)2-5-12(10)19-14/h2,5-6,9,11H,3-4,7H2,1H3,(H,16,18). The maximum absolute atomic E-state index is 12.3. The molecule has 4 nitrogen and oxygen atoms in total. The second kappa shape index (κ2) is 3.57. The summed E-state index contributed by atoms with van der Waals surface area (Å²) in [6.45, 7) is 2.01. The Morgan fingerprint density at radius 1 is 1.47 bits per heavy atom. The first-order valence-electron chi connectivity index (χ1n) is 6.65. The summed E-state index contributed by atoms with van der Waals surface area (Å²) in [5, 5.41) is 3.75. The molecule has 100 valence electrons. The summed E-state index contributed by atoms with van der Waals surface area (Å²) in [4.78, 5) is 14.2. The fraction of sp³-hybridized carbons (Fsp3) is 0.500. The number of ether oxygens (including phenoxy) is 1. The number of benzene rings is 1. The highest BCUT2D eigenvalue weighted by molar-refractivity contribution is 6.30. The van der Waals surface area contributed by atoms with Crippen LogP contribution < -0.4 is 10.1 Å². The number of rotatable bonds is 1. The number of carbonyl (C=O) groups excluding carboxylic acids is 1. The van der Waals surface area contributed by atoms with E-state index in [1.54, 1.807) is 0 Å². The lowest BCUT2D eigenvalue weighted by atomic mass is 9.90. The predicted molar refractivity (Wildman–Crippen MR) is 71.2 cm³/mol. The normalized spacial score (nSPS) is 32.4. The molecule has 1 aromatic rings. The van der Waals surface area contributed by atoms with Gasteiger partial charge >= 0.3 is 6.03 Å². The lowest BCUT2D eigenvalue weighted by Gasteiger charge is -2.51. The Morgan fingerprint density at radius 2 is 2.26 bits per heavy atom. The van der Waals surface area contributed by atoms with Crippen LogP contribution in [0.5, 0.6) is 5.75 Å². The molecular formula is C14H15ClN2O2. The van der Waals surface area contributed by atoms with Gasteiger partial charge in [0.05, 0.1) is 6.04 Å². The van der Waals surface area contributed by atoms with Crippen LogP contribution in [-0.2, 0) is 0 Å². The monoisotopic (exact) mass is 278 g/mol. The molecule has 2 amide bonds. The van der Waals surface area contributed by atoms with Gasteiger partial charge in [-0.2, -0.15) is 0 Å². The maximum Gasteiger partial charge on any atom is 0.321 e. The molecule has 0 aromatic heterocycles. The lowest BCUT2D eigenvalue weighted by molar-refractivity contribution is -0.0878. The minimum Gasteiger partial charge on any atom is -0.468 e. The lowest BCUT2D eigenvalue weighted by Crippen LogP contribution is -2.65. The van der Waals surface area contributed by atoms with E-state index >= 15 is 0 Å². The van der Waals surface area contributed by atoms with E-state index in [-0.39, 0.29) is 12.1 Å². The van der Waals surface area contributed by atoms with E-state index in [1.807, 2.05) is 30.0 Å². The van der Waals surface area contributed by atoms with Crippen molar-refractivity contribution in [2.24, 2.45) is 0 Å². The molecule has 2 heterocycles. The van der Waals surface area contributed by atoms with Crippen molar-refractivity contribution in [2.45, 2.75) is 44.0 Å². The van der Waals surface area contributed by atoms with E-state index < -0.39 is 5.72 Å². The van der Waals surface area contributed by atoms with Crippen LogP contribution in [0.25, 0.3) is 0 Å². The van der Waals surface area contributed by atoms with Crippen molar-refractivity contribution in [3.05, 3.63) is 28.8 Å². The molecule has 0 spiro atoms. The second-order valence-corrected chi connectivity index (χ2v) is 6.20. The molecule has 1 saturated carbocycles. The highest BCUT2D eigenvalue weighted by Gasteiger charge is 2.53. The Hall–Kier alpha value is -1.42. The summed E-state index contributed by atoms with van der Waals surface area (Å²) in [6, 6.07) is 5.91. The van der Waals surface area contributed by atoms with Crippen LogP contribution in [0.15, 0.2) is 18.2 Å². The number of halogens is 1. The number of carbonyl (C=O) groups is 1. The Bertz CT molecular complexity index is 573. The molecule has 4 rings (SSSR count). The van der Waals surface area contributed by atoms with Crippen LogP contribution in [0.4, 0.5) is 4.79 Å². The largest absolute Gasteiger partial charge is 0.468 e. The van der Waals surface area contributed by atoms with Crippen molar-refractivity contribution in [3.63, 3.8) is 0 Å². The number of hydrogen-bond acceptors (Lipinski definition) is 2. The van der Waals surface area contributed by atoms with E-state index in [2.05, 4.69) is 5.32 Å². The Labute approximate surface area is 116 Å².